The molecule has 0 aliphatic heterocycles. The van der Waals surface area contributed by atoms with E-state index in [4.69, 9.17) is 11.6 Å². The Morgan fingerprint density at radius 1 is 1.42 bits per heavy atom. The van der Waals surface area contributed by atoms with E-state index in [9.17, 15) is 14.0 Å². The molecule has 0 atom stereocenters. The summed E-state index contributed by atoms with van der Waals surface area (Å²) in [4.78, 5) is 29.0. The number of nitrogens with zero attached hydrogens (tertiary/aromatic N) is 3. The number of hydrogen-bond donors (Lipinski definition) is 1. The number of fused-ring (bicyclic) bond motifs is 1. The molecule has 0 fully saturated rings. The maximum Gasteiger partial charge on any atom is 0.294 e. The van der Waals surface area contributed by atoms with Gasteiger partial charge in [0, 0.05) is 11.6 Å². The topological polar surface area (TPSA) is 76.9 Å². The van der Waals surface area contributed by atoms with Crippen LogP contribution in [0.25, 0.3) is 10.2 Å². The Morgan fingerprint density at radius 2 is 2.19 bits per heavy atom. The smallest absolute Gasteiger partial charge is 0.294 e. The van der Waals surface area contributed by atoms with Gasteiger partial charge < -0.3 is 5.32 Å². The van der Waals surface area contributed by atoms with Crippen LogP contribution in [0.15, 0.2) is 23.0 Å². The lowest BCUT2D eigenvalue weighted by Crippen LogP contribution is -2.34. The molecule has 9 heteroatoms. The van der Waals surface area contributed by atoms with Crippen molar-refractivity contribution >= 4 is 39.1 Å². The van der Waals surface area contributed by atoms with Gasteiger partial charge in [-0.3, -0.25) is 9.59 Å². The van der Waals surface area contributed by atoms with E-state index in [-0.39, 0.29) is 18.1 Å². The number of benzene rings is 1. The predicted octanol–water partition coefficient (Wildman–Crippen LogP) is 2.83. The number of thiazole rings is 1. The highest BCUT2D eigenvalue weighted by molar-refractivity contribution is 7.18. The van der Waals surface area contributed by atoms with Gasteiger partial charge in [-0.05, 0) is 31.0 Å². The van der Waals surface area contributed by atoms with Crippen LogP contribution in [0.1, 0.15) is 23.2 Å². The van der Waals surface area contributed by atoms with E-state index in [0.29, 0.717) is 16.8 Å². The number of carbonyl (C=O) groups excluding carboxylic acids is 1. The fraction of sp³-hybridized carbons (Fsp3) is 0.294. The molecule has 3 rings (SSSR count). The van der Waals surface area contributed by atoms with Crippen LogP contribution in [-0.2, 0) is 24.3 Å². The number of aromatic nitrogens is 3. The summed E-state index contributed by atoms with van der Waals surface area (Å²) in [5.41, 5.74) is 1.19. The van der Waals surface area contributed by atoms with Crippen molar-refractivity contribution in [3.63, 3.8) is 0 Å². The Labute approximate surface area is 157 Å². The Kier molecular flexibility index (Phi) is 5.33. The number of carbonyl (C=O) groups is 1. The molecule has 0 aliphatic rings. The molecule has 2 heterocycles. The SMILES string of the molecule is CCc1nc2c(=O)n(CC(=O)NCc3ccc(F)cc3Cl)nc(C)c2s1. The van der Waals surface area contributed by atoms with E-state index in [1.807, 2.05) is 6.92 Å². The van der Waals surface area contributed by atoms with Gasteiger partial charge in [0.2, 0.25) is 5.91 Å². The summed E-state index contributed by atoms with van der Waals surface area (Å²) in [5, 5.41) is 7.95. The van der Waals surface area contributed by atoms with Crippen LogP contribution < -0.4 is 10.9 Å². The van der Waals surface area contributed by atoms with Crippen molar-refractivity contribution in [3.8, 4) is 0 Å². The largest absolute Gasteiger partial charge is 0.350 e. The summed E-state index contributed by atoms with van der Waals surface area (Å²) in [6.07, 6.45) is 0.733. The molecule has 6 nitrogen and oxygen atoms in total. The molecule has 0 radical (unpaired) electrons. The van der Waals surface area contributed by atoms with Gasteiger partial charge in [0.25, 0.3) is 5.56 Å². The quantitative estimate of drug-likeness (QED) is 0.721. The molecule has 0 unspecified atom stereocenters. The van der Waals surface area contributed by atoms with E-state index >= 15 is 0 Å². The molecule has 1 amide bonds. The molecule has 136 valence electrons. The lowest BCUT2D eigenvalue weighted by molar-refractivity contribution is -0.122. The van der Waals surface area contributed by atoms with Gasteiger partial charge in [-0.25, -0.2) is 14.1 Å². The monoisotopic (exact) mass is 394 g/mol. The fourth-order valence-electron chi connectivity index (χ4n) is 2.46. The lowest BCUT2D eigenvalue weighted by Gasteiger charge is -2.09. The standard InChI is InChI=1S/C17H16ClFN4O2S/c1-3-14-21-15-16(26-14)9(2)22-23(17(15)25)8-13(24)20-7-10-4-5-11(19)6-12(10)18/h4-6H,3,7-8H2,1-2H3,(H,20,24). The Bertz CT molecular complexity index is 1050. The maximum absolute atomic E-state index is 13.0. The summed E-state index contributed by atoms with van der Waals surface area (Å²) >= 11 is 7.38. The van der Waals surface area contributed by atoms with Gasteiger partial charge in [-0.2, -0.15) is 5.10 Å². The van der Waals surface area contributed by atoms with Crippen LogP contribution in [0.2, 0.25) is 5.02 Å². The molecule has 26 heavy (non-hydrogen) atoms. The normalized spacial score (nSPS) is 11.1. The first-order valence-electron chi connectivity index (χ1n) is 7.96. The second-order valence-corrected chi connectivity index (χ2v) is 7.19. The highest BCUT2D eigenvalue weighted by Crippen LogP contribution is 2.22. The van der Waals surface area contributed by atoms with E-state index in [0.717, 1.165) is 20.8 Å². The highest BCUT2D eigenvalue weighted by Gasteiger charge is 2.15. The number of amides is 1. The first kappa shape index (κ1) is 18.5. The summed E-state index contributed by atoms with van der Waals surface area (Å²) in [5.74, 6) is -0.844. The zero-order valence-electron chi connectivity index (χ0n) is 14.2. The number of hydrogen-bond acceptors (Lipinski definition) is 5. The van der Waals surface area contributed by atoms with Gasteiger partial charge in [0.15, 0.2) is 5.52 Å². The highest BCUT2D eigenvalue weighted by atomic mass is 35.5. The average Bonchev–Trinajstić information content (AvgIpc) is 3.04. The molecule has 0 saturated carbocycles. The van der Waals surface area contributed by atoms with Crippen LogP contribution in [0, 0.1) is 12.7 Å². The molecule has 3 aromatic rings. The third-order valence-electron chi connectivity index (χ3n) is 3.79. The van der Waals surface area contributed by atoms with Crippen molar-refractivity contribution < 1.29 is 9.18 Å². The number of aryl methyl sites for hydroxylation is 2. The predicted molar refractivity (Wildman–Crippen MR) is 99.0 cm³/mol. The average molecular weight is 395 g/mol. The second-order valence-electron chi connectivity index (χ2n) is 5.70. The third kappa shape index (κ3) is 3.76. The molecule has 0 bridgehead atoms. The summed E-state index contributed by atoms with van der Waals surface area (Å²) in [6, 6.07) is 3.95. The number of nitrogens with one attached hydrogen (secondary N) is 1. The Hall–Kier alpha value is -2.32. The van der Waals surface area contributed by atoms with E-state index < -0.39 is 17.3 Å². The minimum absolute atomic E-state index is 0.130. The molecule has 1 N–H and O–H groups in total. The van der Waals surface area contributed by atoms with E-state index in [2.05, 4.69) is 15.4 Å². The zero-order valence-corrected chi connectivity index (χ0v) is 15.7. The number of rotatable bonds is 5. The maximum atomic E-state index is 13.0. The third-order valence-corrected chi connectivity index (χ3v) is 5.46. The van der Waals surface area contributed by atoms with Crippen molar-refractivity contribution in [2.24, 2.45) is 0 Å². The second kappa shape index (κ2) is 7.51. The minimum Gasteiger partial charge on any atom is -0.350 e. The molecule has 2 aromatic heterocycles. The van der Waals surface area contributed by atoms with Crippen molar-refractivity contribution in [2.45, 2.75) is 33.4 Å². The minimum atomic E-state index is -0.445. The molecule has 0 saturated heterocycles. The lowest BCUT2D eigenvalue weighted by atomic mass is 10.2. The first-order valence-corrected chi connectivity index (χ1v) is 9.16. The fourth-order valence-corrected chi connectivity index (χ4v) is 3.63. The molecular weight excluding hydrogens is 379 g/mol. The molecule has 1 aromatic carbocycles. The first-order chi connectivity index (χ1) is 12.4. The van der Waals surface area contributed by atoms with E-state index in [1.165, 1.54) is 29.5 Å². The van der Waals surface area contributed by atoms with Gasteiger partial charge in [-0.15, -0.1) is 11.3 Å². The van der Waals surface area contributed by atoms with Gasteiger partial charge in [0.05, 0.1) is 15.4 Å². The van der Waals surface area contributed by atoms with Crippen molar-refractivity contribution in [2.75, 3.05) is 0 Å². The van der Waals surface area contributed by atoms with Crippen molar-refractivity contribution in [1.29, 1.82) is 0 Å². The van der Waals surface area contributed by atoms with Gasteiger partial charge in [0.1, 0.15) is 12.4 Å². The Morgan fingerprint density at radius 3 is 2.88 bits per heavy atom. The van der Waals surface area contributed by atoms with Crippen molar-refractivity contribution in [3.05, 3.63) is 55.7 Å². The summed E-state index contributed by atoms with van der Waals surface area (Å²) in [6.45, 7) is 3.65. The van der Waals surface area contributed by atoms with E-state index in [1.54, 1.807) is 6.92 Å². The van der Waals surface area contributed by atoms with Crippen LogP contribution in [0.3, 0.4) is 0 Å². The van der Waals surface area contributed by atoms with Crippen LogP contribution in [0.5, 0.6) is 0 Å². The Balaban J connectivity index is 1.77. The molecular formula is C17H16ClFN4O2S. The van der Waals surface area contributed by atoms with Crippen LogP contribution in [-0.4, -0.2) is 20.7 Å². The van der Waals surface area contributed by atoms with Crippen molar-refractivity contribution in [1.82, 2.24) is 20.1 Å². The number of halogens is 2. The summed E-state index contributed by atoms with van der Waals surface area (Å²) in [7, 11) is 0. The molecule has 0 aliphatic carbocycles. The van der Waals surface area contributed by atoms with Gasteiger partial charge in [-0.1, -0.05) is 24.6 Å². The van der Waals surface area contributed by atoms with Crippen LogP contribution in [0.4, 0.5) is 4.39 Å². The van der Waals surface area contributed by atoms with Crippen LogP contribution >= 0.6 is 22.9 Å². The summed E-state index contributed by atoms with van der Waals surface area (Å²) < 4.78 is 14.9. The van der Waals surface area contributed by atoms with Gasteiger partial charge >= 0.3 is 0 Å². The zero-order chi connectivity index (χ0) is 18.8. The molecule has 0 spiro atoms.